The van der Waals surface area contributed by atoms with Crippen LogP contribution in [-0.4, -0.2) is 93.0 Å². The molecule has 12 nitrogen and oxygen atoms in total. The Morgan fingerprint density at radius 3 is 2.92 bits per heavy atom. The molecular formula is C25H32N8O4. The minimum atomic E-state index is -0.386. The number of carbonyl (C=O) groups is 3. The summed E-state index contributed by atoms with van der Waals surface area (Å²) in [6.45, 7) is 3.75. The maximum absolute atomic E-state index is 13.2. The second kappa shape index (κ2) is 11.9. The van der Waals surface area contributed by atoms with Crippen LogP contribution in [0.4, 0.5) is 10.6 Å². The van der Waals surface area contributed by atoms with Crippen molar-refractivity contribution in [2.75, 3.05) is 64.9 Å². The molecule has 1 saturated heterocycles. The zero-order chi connectivity index (χ0) is 26.4. The first kappa shape index (κ1) is 26.1. The van der Waals surface area contributed by atoms with Crippen molar-refractivity contribution in [1.82, 2.24) is 30.7 Å². The number of nitrogens with zero attached hydrogens (tertiary/aromatic N) is 5. The van der Waals surface area contributed by atoms with Gasteiger partial charge in [-0.2, -0.15) is 5.26 Å². The smallest absolute Gasteiger partial charge is 0.328 e. The van der Waals surface area contributed by atoms with E-state index in [4.69, 9.17) is 4.74 Å². The number of piperazine rings is 1. The van der Waals surface area contributed by atoms with Crippen LogP contribution in [0.5, 0.6) is 0 Å². The topological polar surface area (TPSA) is 143 Å². The van der Waals surface area contributed by atoms with Crippen molar-refractivity contribution in [2.45, 2.75) is 19.4 Å². The number of urea groups is 1. The quantitative estimate of drug-likeness (QED) is 0.329. The number of aldehydes is 1. The highest BCUT2D eigenvalue weighted by atomic mass is 16.5. The van der Waals surface area contributed by atoms with Crippen LogP contribution in [0.2, 0.25) is 0 Å². The molecule has 12 heteroatoms. The fraction of sp³-hybridized carbons (Fsp3) is 0.480. The van der Waals surface area contributed by atoms with Crippen molar-refractivity contribution < 1.29 is 19.1 Å². The second-order valence-corrected chi connectivity index (χ2v) is 9.21. The number of aromatic nitrogens is 1. The first-order valence-electron chi connectivity index (χ1n) is 12.3. The third-order valence-corrected chi connectivity index (χ3v) is 6.57. The van der Waals surface area contributed by atoms with Crippen LogP contribution in [0.3, 0.4) is 0 Å². The third kappa shape index (κ3) is 6.07. The lowest BCUT2D eigenvalue weighted by Crippen LogP contribution is -2.48. The largest absolute Gasteiger partial charge is 0.383 e. The maximum atomic E-state index is 13.2. The Balaban J connectivity index is 1.51. The van der Waals surface area contributed by atoms with Gasteiger partial charge in [-0.15, -0.1) is 0 Å². The van der Waals surface area contributed by atoms with E-state index in [2.05, 4.69) is 27.0 Å². The number of carbonyl (C=O) groups excluding carboxylic acids is 3. The summed E-state index contributed by atoms with van der Waals surface area (Å²) in [4.78, 5) is 47.4. The van der Waals surface area contributed by atoms with E-state index in [-0.39, 0.29) is 24.2 Å². The molecule has 1 aromatic rings. The zero-order valence-corrected chi connectivity index (χ0v) is 21.2. The Morgan fingerprint density at radius 2 is 2.19 bits per heavy atom. The number of dihydropyridines is 1. The van der Waals surface area contributed by atoms with E-state index < -0.39 is 0 Å². The lowest BCUT2D eigenvalue weighted by Gasteiger charge is -2.33. The minimum Gasteiger partial charge on any atom is -0.383 e. The number of nitrogens with one attached hydrogen (secondary N) is 3. The van der Waals surface area contributed by atoms with Crippen LogP contribution < -0.4 is 20.9 Å². The number of rotatable bonds is 8. The number of hydrogen-bond acceptors (Lipinski definition) is 9. The van der Waals surface area contributed by atoms with Crippen molar-refractivity contribution in [3.05, 3.63) is 46.1 Å². The molecule has 0 aliphatic carbocycles. The number of pyridine rings is 1. The highest BCUT2D eigenvalue weighted by molar-refractivity contribution is 5.94. The first-order valence-corrected chi connectivity index (χ1v) is 12.3. The Labute approximate surface area is 215 Å². The number of amides is 3. The molecule has 1 fully saturated rings. The maximum Gasteiger partial charge on any atom is 0.328 e. The normalized spacial score (nSPS) is 18.0. The van der Waals surface area contributed by atoms with Gasteiger partial charge in [-0.1, -0.05) is 0 Å². The Hall–Kier alpha value is -3.95. The number of allylic oxidation sites excluding steroid dienone is 1. The van der Waals surface area contributed by atoms with E-state index in [9.17, 15) is 19.6 Å². The lowest BCUT2D eigenvalue weighted by atomic mass is 10.0. The first-order chi connectivity index (χ1) is 17.9. The second-order valence-electron chi connectivity index (χ2n) is 9.21. The number of methoxy groups -OCH3 is 1. The molecule has 3 N–H and O–H groups in total. The molecule has 3 amide bonds. The van der Waals surface area contributed by atoms with Gasteiger partial charge in [0.15, 0.2) is 6.29 Å². The summed E-state index contributed by atoms with van der Waals surface area (Å²) in [5, 5.41) is 18.5. The van der Waals surface area contributed by atoms with Gasteiger partial charge in [0.2, 0.25) is 5.91 Å². The standard InChI is InChI=1S/C25H32N8O4/c1-31-7-8-32(23(35)15-31)14-18-10-17-4-3-6-33(24(17)29-21(18)16-34)25(36)30-22-11-20(27-5-9-37-2)19(12-26)13-28-22/h10-11,16,27-28H,3-9,13-15H2,1-2H3,(H,30,36). The summed E-state index contributed by atoms with van der Waals surface area (Å²) in [6.07, 6.45) is 3.82. The molecule has 0 spiro atoms. The number of likely N-dealkylation sites (N-methyl/N-ethyl adjacent to an activating group) is 1. The summed E-state index contributed by atoms with van der Waals surface area (Å²) >= 11 is 0. The molecule has 1 aromatic heterocycles. The van der Waals surface area contributed by atoms with Crippen molar-refractivity contribution in [3.8, 4) is 6.07 Å². The lowest BCUT2D eigenvalue weighted by molar-refractivity contribution is -0.136. The average molecular weight is 509 g/mol. The third-order valence-electron chi connectivity index (χ3n) is 6.57. The van der Waals surface area contributed by atoms with Crippen LogP contribution in [0.25, 0.3) is 0 Å². The van der Waals surface area contributed by atoms with Gasteiger partial charge in [-0.25, -0.2) is 9.78 Å². The molecule has 4 heterocycles. The SMILES string of the molecule is COCCNC1=C(C#N)CNC(NC(=O)N2CCCc3cc(CN4CCN(C)CC4=O)c(C=O)nc32)=C1. The van der Waals surface area contributed by atoms with Gasteiger partial charge in [0, 0.05) is 51.5 Å². The Kier molecular flexibility index (Phi) is 8.37. The van der Waals surface area contributed by atoms with Crippen molar-refractivity contribution in [2.24, 2.45) is 0 Å². The predicted octanol–water partition coefficient (Wildman–Crippen LogP) is 0.0886. The minimum absolute atomic E-state index is 0.0160. The van der Waals surface area contributed by atoms with Gasteiger partial charge < -0.3 is 20.3 Å². The number of anilines is 1. The molecule has 0 atom stereocenters. The number of aryl methyl sites for hydroxylation is 1. The van der Waals surface area contributed by atoms with E-state index in [1.165, 1.54) is 4.90 Å². The van der Waals surface area contributed by atoms with E-state index in [1.807, 2.05) is 18.0 Å². The number of ether oxygens (including phenoxy) is 1. The molecular weight excluding hydrogens is 476 g/mol. The fourth-order valence-electron chi connectivity index (χ4n) is 4.55. The predicted molar refractivity (Wildman–Crippen MR) is 135 cm³/mol. The van der Waals surface area contributed by atoms with Gasteiger partial charge in [0.05, 0.1) is 37.0 Å². The molecule has 3 aliphatic rings. The molecule has 0 radical (unpaired) electrons. The zero-order valence-electron chi connectivity index (χ0n) is 21.2. The van der Waals surface area contributed by atoms with Gasteiger partial charge in [0.25, 0.3) is 0 Å². The summed E-state index contributed by atoms with van der Waals surface area (Å²) in [7, 11) is 3.50. The van der Waals surface area contributed by atoms with E-state index >= 15 is 0 Å². The molecule has 196 valence electrons. The summed E-state index contributed by atoms with van der Waals surface area (Å²) in [5.74, 6) is 0.918. The average Bonchev–Trinajstić information content (AvgIpc) is 2.89. The summed E-state index contributed by atoms with van der Waals surface area (Å²) < 4.78 is 5.05. The van der Waals surface area contributed by atoms with Gasteiger partial charge >= 0.3 is 6.03 Å². The van der Waals surface area contributed by atoms with E-state index in [0.717, 1.165) is 24.9 Å². The summed E-state index contributed by atoms with van der Waals surface area (Å²) in [5.41, 5.74) is 2.93. The van der Waals surface area contributed by atoms with E-state index in [1.54, 1.807) is 18.1 Å². The van der Waals surface area contributed by atoms with Gasteiger partial charge in [-0.3, -0.25) is 24.7 Å². The highest BCUT2D eigenvalue weighted by Gasteiger charge is 2.28. The molecule has 0 bridgehead atoms. The Bertz CT molecular complexity index is 1170. The van der Waals surface area contributed by atoms with Crippen molar-refractivity contribution in [3.63, 3.8) is 0 Å². The monoisotopic (exact) mass is 508 g/mol. The van der Waals surface area contributed by atoms with Gasteiger partial charge in [0.1, 0.15) is 17.3 Å². The molecule has 0 aromatic carbocycles. The highest BCUT2D eigenvalue weighted by Crippen LogP contribution is 2.28. The molecule has 3 aliphatic heterocycles. The number of fused-ring (bicyclic) bond motifs is 1. The Morgan fingerprint density at radius 1 is 1.35 bits per heavy atom. The molecule has 4 rings (SSSR count). The number of hydrogen-bond donors (Lipinski definition) is 3. The fourth-order valence-corrected chi connectivity index (χ4v) is 4.55. The van der Waals surface area contributed by atoms with Gasteiger partial charge in [-0.05, 0) is 31.5 Å². The number of nitriles is 1. The van der Waals surface area contributed by atoms with E-state index in [0.29, 0.717) is 74.1 Å². The van der Waals surface area contributed by atoms with Crippen LogP contribution in [0.15, 0.2) is 29.2 Å². The van der Waals surface area contributed by atoms with Crippen LogP contribution in [0.1, 0.15) is 28.0 Å². The van der Waals surface area contributed by atoms with Crippen molar-refractivity contribution in [1.29, 1.82) is 5.26 Å². The molecule has 0 unspecified atom stereocenters. The molecule has 37 heavy (non-hydrogen) atoms. The van der Waals surface area contributed by atoms with Crippen LogP contribution in [0, 0.1) is 11.3 Å². The summed E-state index contributed by atoms with van der Waals surface area (Å²) in [6, 6.07) is 3.67. The molecule has 0 saturated carbocycles. The van der Waals surface area contributed by atoms with Crippen molar-refractivity contribution >= 4 is 24.0 Å². The van der Waals surface area contributed by atoms with Crippen LogP contribution in [-0.2, 0) is 22.5 Å². The van der Waals surface area contributed by atoms with Crippen LogP contribution >= 0.6 is 0 Å².